The van der Waals surface area contributed by atoms with Gasteiger partial charge in [0.05, 0.1) is 6.10 Å². The van der Waals surface area contributed by atoms with Gasteiger partial charge in [0.2, 0.25) is 0 Å². The molecule has 2 atom stereocenters. The van der Waals surface area contributed by atoms with Crippen molar-refractivity contribution in [3.63, 3.8) is 0 Å². The van der Waals surface area contributed by atoms with E-state index in [9.17, 15) is 5.11 Å². The third kappa shape index (κ3) is 1.67. The Labute approximate surface area is 76.4 Å². The van der Waals surface area contributed by atoms with Crippen LogP contribution in [-0.2, 0) is 0 Å². The minimum atomic E-state index is -0.0800. The van der Waals surface area contributed by atoms with Crippen molar-refractivity contribution in [2.45, 2.75) is 37.7 Å². The van der Waals surface area contributed by atoms with Gasteiger partial charge >= 0.3 is 0 Å². The van der Waals surface area contributed by atoms with Crippen LogP contribution in [0.5, 0.6) is 0 Å². The Balaban J connectivity index is 2.04. The Kier molecular flexibility index (Phi) is 2.42. The van der Waals surface area contributed by atoms with Crippen molar-refractivity contribution >= 4 is 11.5 Å². The van der Waals surface area contributed by atoms with Crippen LogP contribution >= 0.6 is 11.5 Å². The third-order valence-corrected chi connectivity index (χ3v) is 3.17. The normalized spacial score (nSPS) is 30.4. The maximum atomic E-state index is 9.46. The first-order valence-corrected chi connectivity index (χ1v) is 5.27. The molecular weight excluding hydrogens is 170 g/mol. The predicted octanol–water partition coefficient (Wildman–Crippen LogP) is 2.16. The van der Waals surface area contributed by atoms with Crippen LogP contribution in [0.4, 0.5) is 0 Å². The summed E-state index contributed by atoms with van der Waals surface area (Å²) in [7, 11) is 0. The van der Waals surface area contributed by atoms with Crippen LogP contribution < -0.4 is 0 Å². The molecule has 1 N–H and O–H groups in total. The van der Waals surface area contributed by atoms with Crippen molar-refractivity contribution < 1.29 is 5.11 Å². The average molecular weight is 183 g/mol. The van der Waals surface area contributed by atoms with Gasteiger partial charge in [0.15, 0.2) is 0 Å². The lowest BCUT2D eigenvalue weighted by Crippen LogP contribution is -2.17. The molecule has 0 spiro atoms. The van der Waals surface area contributed by atoms with Gasteiger partial charge in [0.25, 0.3) is 0 Å². The smallest absolute Gasteiger partial charge is 0.0546 e. The van der Waals surface area contributed by atoms with Gasteiger partial charge in [0.1, 0.15) is 0 Å². The Morgan fingerprint density at radius 1 is 1.50 bits per heavy atom. The summed E-state index contributed by atoms with van der Waals surface area (Å²) >= 11 is 1.50. The maximum absolute atomic E-state index is 9.46. The van der Waals surface area contributed by atoms with Crippen molar-refractivity contribution in [2.75, 3.05) is 0 Å². The molecule has 3 heteroatoms. The van der Waals surface area contributed by atoms with Crippen LogP contribution in [0.15, 0.2) is 11.6 Å². The summed E-state index contributed by atoms with van der Waals surface area (Å²) in [4.78, 5) is 0. The molecule has 1 aromatic heterocycles. The fraction of sp³-hybridized carbons (Fsp3) is 0.667. The molecule has 1 saturated carbocycles. The molecule has 0 aromatic carbocycles. The van der Waals surface area contributed by atoms with Gasteiger partial charge in [-0.15, -0.1) is 0 Å². The lowest BCUT2D eigenvalue weighted by atomic mass is 9.84. The van der Waals surface area contributed by atoms with E-state index >= 15 is 0 Å². The van der Waals surface area contributed by atoms with E-state index in [0.29, 0.717) is 5.92 Å². The van der Waals surface area contributed by atoms with E-state index in [-0.39, 0.29) is 6.10 Å². The van der Waals surface area contributed by atoms with Gasteiger partial charge in [-0.05, 0) is 42.3 Å². The Bertz CT molecular complexity index is 235. The molecular formula is C9H13NOS. The molecule has 0 amide bonds. The van der Waals surface area contributed by atoms with Gasteiger partial charge in [-0.2, -0.15) is 0 Å². The summed E-state index contributed by atoms with van der Waals surface area (Å²) in [5.41, 5.74) is 1.32. The van der Waals surface area contributed by atoms with E-state index in [1.807, 2.05) is 6.20 Å². The standard InChI is InChI=1S/C9H13NOS/c11-9-3-1-2-7(4-9)8-5-10-12-6-8/h5-7,9,11H,1-4H2. The number of aliphatic hydroxyl groups excluding tert-OH is 1. The zero-order valence-corrected chi connectivity index (χ0v) is 7.76. The Morgan fingerprint density at radius 3 is 3.08 bits per heavy atom. The van der Waals surface area contributed by atoms with E-state index in [2.05, 4.69) is 9.75 Å². The molecule has 0 saturated heterocycles. The molecule has 0 aliphatic heterocycles. The minimum Gasteiger partial charge on any atom is -0.393 e. The number of aromatic nitrogens is 1. The summed E-state index contributed by atoms with van der Waals surface area (Å²) in [6.07, 6.45) is 6.14. The summed E-state index contributed by atoms with van der Waals surface area (Å²) < 4.78 is 4.08. The molecule has 1 aromatic rings. The third-order valence-electron chi connectivity index (χ3n) is 2.57. The zero-order chi connectivity index (χ0) is 8.39. The van der Waals surface area contributed by atoms with Crippen molar-refractivity contribution in [1.29, 1.82) is 0 Å². The highest BCUT2D eigenvalue weighted by atomic mass is 32.1. The molecule has 2 nitrogen and oxygen atoms in total. The first kappa shape index (κ1) is 8.20. The summed E-state index contributed by atoms with van der Waals surface area (Å²) in [5.74, 6) is 0.562. The number of rotatable bonds is 1. The minimum absolute atomic E-state index is 0.0800. The fourth-order valence-corrected chi connectivity index (χ4v) is 2.50. The maximum Gasteiger partial charge on any atom is 0.0546 e. The monoisotopic (exact) mass is 183 g/mol. The second kappa shape index (κ2) is 3.54. The predicted molar refractivity (Wildman–Crippen MR) is 49.3 cm³/mol. The first-order valence-electron chi connectivity index (χ1n) is 4.43. The number of hydrogen-bond acceptors (Lipinski definition) is 3. The van der Waals surface area contributed by atoms with Gasteiger partial charge in [-0.3, -0.25) is 0 Å². The number of nitrogens with zero attached hydrogens (tertiary/aromatic N) is 1. The molecule has 1 fully saturated rings. The van der Waals surface area contributed by atoms with Crippen molar-refractivity contribution in [2.24, 2.45) is 0 Å². The molecule has 0 bridgehead atoms. The largest absolute Gasteiger partial charge is 0.393 e. The summed E-state index contributed by atoms with van der Waals surface area (Å²) in [5, 5.41) is 11.6. The molecule has 0 radical (unpaired) electrons. The fourth-order valence-electron chi connectivity index (χ4n) is 1.88. The Morgan fingerprint density at radius 2 is 2.42 bits per heavy atom. The van der Waals surface area contributed by atoms with Gasteiger partial charge in [-0.1, -0.05) is 6.42 Å². The van der Waals surface area contributed by atoms with Crippen LogP contribution in [0.1, 0.15) is 37.2 Å². The quantitative estimate of drug-likeness (QED) is 0.723. The van der Waals surface area contributed by atoms with Crippen LogP contribution in [-0.4, -0.2) is 15.6 Å². The lowest BCUT2D eigenvalue weighted by molar-refractivity contribution is 0.119. The average Bonchev–Trinajstić information content (AvgIpc) is 2.56. The highest BCUT2D eigenvalue weighted by Crippen LogP contribution is 2.32. The van der Waals surface area contributed by atoms with E-state index < -0.39 is 0 Å². The van der Waals surface area contributed by atoms with Crippen LogP contribution in [0, 0.1) is 0 Å². The topological polar surface area (TPSA) is 33.1 Å². The number of aliphatic hydroxyl groups is 1. The van der Waals surface area contributed by atoms with Gasteiger partial charge in [-0.25, -0.2) is 4.37 Å². The van der Waals surface area contributed by atoms with E-state index in [0.717, 1.165) is 19.3 Å². The van der Waals surface area contributed by atoms with Crippen LogP contribution in [0.25, 0.3) is 0 Å². The molecule has 1 aliphatic rings. The van der Waals surface area contributed by atoms with Gasteiger partial charge < -0.3 is 5.11 Å². The molecule has 12 heavy (non-hydrogen) atoms. The molecule has 2 unspecified atom stereocenters. The molecule has 1 heterocycles. The Hall–Kier alpha value is -0.410. The van der Waals surface area contributed by atoms with Crippen molar-refractivity contribution in [1.82, 2.24) is 4.37 Å². The highest BCUT2D eigenvalue weighted by Gasteiger charge is 2.21. The van der Waals surface area contributed by atoms with Crippen LogP contribution in [0.2, 0.25) is 0 Å². The lowest BCUT2D eigenvalue weighted by Gasteiger charge is -2.24. The summed E-state index contributed by atoms with van der Waals surface area (Å²) in [6, 6.07) is 0. The van der Waals surface area contributed by atoms with E-state index in [1.165, 1.54) is 23.5 Å². The SMILES string of the molecule is OC1CCCC(c2cnsc2)C1. The van der Waals surface area contributed by atoms with Crippen molar-refractivity contribution in [3.05, 3.63) is 17.1 Å². The molecule has 66 valence electrons. The second-order valence-electron chi connectivity index (χ2n) is 3.48. The molecule has 2 rings (SSSR count). The zero-order valence-electron chi connectivity index (χ0n) is 6.94. The van der Waals surface area contributed by atoms with Crippen molar-refractivity contribution in [3.8, 4) is 0 Å². The van der Waals surface area contributed by atoms with E-state index in [1.54, 1.807) is 0 Å². The van der Waals surface area contributed by atoms with Gasteiger partial charge in [0, 0.05) is 11.6 Å². The highest BCUT2D eigenvalue weighted by molar-refractivity contribution is 7.03. The summed E-state index contributed by atoms with van der Waals surface area (Å²) in [6.45, 7) is 0. The van der Waals surface area contributed by atoms with Crippen LogP contribution in [0.3, 0.4) is 0 Å². The first-order chi connectivity index (χ1) is 5.86. The van der Waals surface area contributed by atoms with E-state index in [4.69, 9.17) is 0 Å². The molecule has 1 aliphatic carbocycles. The number of hydrogen-bond donors (Lipinski definition) is 1. The second-order valence-corrected chi connectivity index (χ2v) is 4.13.